The first-order valence-corrected chi connectivity index (χ1v) is 23.1. The number of hydrogen-bond acceptors (Lipinski definition) is 12. The molecule has 5 aromatic carbocycles. The average Bonchev–Trinajstić information content (AvgIpc) is 3.67. The molecule has 6 aromatic rings. The highest BCUT2D eigenvalue weighted by Gasteiger charge is 2.24. The van der Waals surface area contributed by atoms with Gasteiger partial charge in [-0.1, -0.05) is 71.4 Å². The molecule has 3 heterocycles. The number of thioether (sulfide) groups is 1. The van der Waals surface area contributed by atoms with E-state index in [-0.39, 0.29) is 16.8 Å². The third kappa shape index (κ3) is 10.6. The fourth-order valence-electron chi connectivity index (χ4n) is 7.66. The monoisotopic (exact) mass is 867 g/mol. The quantitative estimate of drug-likeness (QED) is 0.0602. The van der Waals surface area contributed by atoms with Crippen molar-refractivity contribution < 1.29 is 22.5 Å². The molecule has 0 radical (unpaired) electrons. The second kappa shape index (κ2) is 19.7. The van der Waals surface area contributed by atoms with E-state index in [1.165, 1.54) is 23.1 Å². The Balaban J connectivity index is 0.913. The van der Waals surface area contributed by atoms with Gasteiger partial charge < -0.3 is 19.5 Å². The topological polar surface area (TPSA) is 124 Å². The molecule has 12 nitrogen and oxygen atoms in total. The standard InChI is InChI=1S/C45H50ClN7O5S2/c1-56-48-43-30-39(16-18-42(43)47-36(19-20-51-25-27-57-28-26-51)32-59-38-8-3-2-4-9-38)60(54,55)50-45-41-17-15-37(29-44(41)58-49-45)53-23-21-52(22-24-53)31-34-7-5-6-10-40(34)33-11-13-35(46)14-12-33/h2-18,29-30,36,47-48H,19-28,31-32H2,1H3,(H,49,50)/t36-/m1/s1. The van der Waals surface area contributed by atoms with Crippen LogP contribution in [0.4, 0.5) is 22.9 Å². The summed E-state index contributed by atoms with van der Waals surface area (Å²) in [5.74, 6) is 0.950. The van der Waals surface area contributed by atoms with Crippen LogP contribution in [0.3, 0.4) is 0 Å². The second-order valence-corrected chi connectivity index (χ2v) is 18.2. The zero-order valence-electron chi connectivity index (χ0n) is 33.6. The van der Waals surface area contributed by atoms with E-state index in [0.29, 0.717) is 16.7 Å². The van der Waals surface area contributed by atoms with Crippen LogP contribution >= 0.6 is 23.4 Å². The van der Waals surface area contributed by atoms with E-state index >= 15 is 0 Å². The number of sulfonamides is 1. The van der Waals surface area contributed by atoms with Gasteiger partial charge in [-0.05, 0) is 77.7 Å². The maximum atomic E-state index is 13.8. The molecule has 2 saturated heterocycles. The summed E-state index contributed by atoms with van der Waals surface area (Å²) in [5, 5.41) is 9.12. The van der Waals surface area contributed by atoms with E-state index in [9.17, 15) is 8.42 Å². The SMILES string of the molecule is CONc1cc(S(=O)(=O)Nc2noc3cc(N4CCN(Cc5ccccc5-c5ccc(Cl)cc5)CC4)ccc23)ccc1N[C@H](CCN1CCOCC1)CSc1ccccc1. The number of rotatable bonds is 17. The summed E-state index contributed by atoms with van der Waals surface area (Å²) in [6, 6.07) is 37.7. The molecule has 1 aromatic heterocycles. The van der Waals surface area contributed by atoms with Crippen LogP contribution in [-0.2, 0) is 26.1 Å². The van der Waals surface area contributed by atoms with Crippen LogP contribution in [0, 0.1) is 0 Å². The fraction of sp³-hybridized carbons (Fsp3) is 0.311. The van der Waals surface area contributed by atoms with Crippen molar-refractivity contribution >= 4 is 67.2 Å². The molecule has 0 unspecified atom stereocenters. The summed E-state index contributed by atoms with van der Waals surface area (Å²) in [6.07, 6.45) is 0.895. The lowest BCUT2D eigenvalue weighted by atomic mass is 9.99. The lowest BCUT2D eigenvalue weighted by Crippen LogP contribution is -2.46. The normalized spacial score (nSPS) is 15.9. The van der Waals surface area contributed by atoms with Crippen LogP contribution < -0.4 is 20.4 Å². The number of halogens is 1. The first-order chi connectivity index (χ1) is 29.3. The molecule has 0 spiro atoms. The van der Waals surface area contributed by atoms with Crippen molar-refractivity contribution in [2.45, 2.75) is 28.8 Å². The Morgan fingerprint density at radius 3 is 2.38 bits per heavy atom. The third-order valence-electron chi connectivity index (χ3n) is 11.0. The van der Waals surface area contributed by atoms with Crippen LogP contribution in [0.15, 0.2) is 130 Å². The van der Waals surface area contributed by atoms with Crippen molar-refractivity contribution in [3.63, 3.8) is 0 Å². The number of anilines is 4. The lowest BCUT2D eigenvalue weighted by Gasteiger charge is -2.36. The van der Waals surface area contributed by atoms with Crippen molar-refractivity contribution in [3.05, 3.63) is 126 Å². The predicted molar refractivity (Wildman–Crippen MR) is 243 cm³/mol. The van der Waals surface area contributed by atoms with E-state index < -0.39 is 10.0 Å². The van der Waals surface area contributed by atoms with Gasteiger partial charge in [0.2, 0.25) is 0 Å². The molecule has 3 N–H and O–H groups in total. The zero-order valence-corrected chi connectivity index (χ0v) is 35.9. The molecule has 2 aliphatic rings. The fourth-order valence-corrected chi connectivity index (χ4v) is 9.82. The van der Waals surface area contributed by atoms with Gasteiger partial charge in [0.25, 0.3) is 10.0 Å². The number of morpholine rings is 1. The first kappa shape index (κ1) is 41.9. The second-order valence-electron chi connectivity index (χ2n) is 15.0. The summed E-state index contributed by atoms with van der Waals surface area (Å²) in [6.45, 7) is 8.56. The summed E-state index contributed by atoms with van der Waals surface area (Å²) in [7, 11) is -2.55. The van der Waals surface area contributed by atoms with Crippen LogP contribution in [0.25, 0.3) is 22.1 Å². The van der Waals surface area contributed by atoms with Gasteiger partial charge in [-0.15, -0.1) is 11.8 Å². The number of ether oxygens (including phenoxy) is 1. The number of hydrogen-bond donors (Lipinski definition) is 3. The predicted octanol–water partition coefficient (Wildman–Crippen LogP) is 8.54. The van der Waals surface area contributed by atoms with Gasteiger partial charge in [-0.2, -0.15) is 0 Å². The van der Waals surface area contributed by atoms with Gasteiger partial charge in [-0.25, -0.2) is 8.42 Å². The molecule has 0 amide bonds. The smallest absolute Gasteiger partial charge is 0.263 e. The Bertz CT molecular complexity index is 2440. The van der Waals surface area contributed by atoms with E-state index in [2.05, 4.69) is 83.9 Å². The number of piperazine rings is 1. The Labute approximate surface area is 361 Å². The molecule has 15 heteroatoms. The number of aromatic nitrogens is 1. The Morgan fingerprint density at radius 1 is 0.833 bits per heavy atom. The van der Waals surface area contributed by atoms with Crippen molar-refractivity contribution in [3.8, 4) is 11.1 Å². The number of nitrogens with one attached hydrogen (secondary N) is 3. The minimum Gasteiger partial charge on any atom is -0.380 e. The maximum Gasteiger partial charge on any atom is 0.263 e. The highest BCUT2D eigenvalue weighted by atomic mass is 35.5. The molecule has 2 aliphatic heterocycles. The van der Waals surface area contributed by atoms with Crippen molar-refractivity contribution in [1.82, 2.24) is 15.0 Å². The largest absolute Gasteiger partial charge is 0.380 e. The lowest BCUT2D eigenvalue weighted by molar-refractivity contribution is 0.0370. The average molecular weight is 869 g/mol. The van der Waals surface area contributed by atoms with Gasteiger partial charge in [0.15, 0.2) is 11.4 Å². The van der Waals surface area contributed by atoms with Gasteiger partial charge in [0, 0.05) is 85.8 Å². The number of fused-ring (bicyclic) bond motifs is 1. The van der Waals surface area contributed by atoms with Crippen LogP contribution in [0.1, 0.15) is 12.0 Å². The molecular weight excluding hydrogens is 818 g/mol. The van der Waals surface area contributed by atoms with Crippen molar-refractivity contribution in [2.75, 3.05) is 92.3 Å². The van der Waals surface area contributed by atoms with Crippen LogP contribution in [0.2, 0.25) is 5.02 Å². The summed E-state index contributed by atoms with van der Waals surface area (Å²) in [5.41, 5.74) is 9.28. The molecule has 1 atom stereocenters. The first-order valence-electron chi connectivity index (χ1n) is 20.2. The van der Waals surface area contributed by atoms with Crippen molar-refractivity contribution in [2.24, 2.45) is 0 Å². The Hall–Kier alpha value is -4.80. The van der Waals surface area contributed by atoms with Crippen LogP contribution in [-0.4, -0.2) is 101 Å². The van der Waals surface area contributed by atoms with Gasteiger partial charge in [0.05, 0.1) is 42.0 Å². The van der Waals surface area contributed by atoms with E-state index in [1.54, 1.807) is 30.0 Å². The number of benzene rings is 5. The molecule has 2 fully saturated rings. The molecule has 0 aliphatic carbocycles. The molecule has 60 heavy (non-hydrogen) atoms. The number of nitrogens with zero attached hydrogens (tertiary/aromatic N) is 4. The minimum atomic E-state index is -4.06. The Morgan fingerprint density at radius 2 is 1.60 bits per heavy atom. The van der Waals surface area contributed by atoms with E-state index in [4.69, 9.17) is 25.7 Å². The summed E-state index contributed by atoms with van der Waals surface area (Å²) >= 11 is 7.94. The Kier molecular flexibility index (Phi) is 13.8. The van der Waals surface area contributed by atoms with Crippen molar-refractivity contribution in [1.29, 1.82) is 0 Å². The highest BCUT2D eigenvalue weighted by Crippen LogP contribution is 2.33. The summed E-state index contributed by atoms with van der Waals surface area (Å²) in [4.78, 5) is 13.8. The van der Waals surface area contributed by atoms with Crippen LogP contribution in [0.5, 0.6) is 0 Å². The van der Waals surface area contributed by atoms with E-state index in [0.717, 1.165) is 99.7 Å². The third-order valence-corrected chi connectivity index (χ3v) is 13.7. The molecular formula is C45H50ClN7O5S2. The van der Waals surface area contributed by atoms with Gasteiger partial charge >= 0.3 is 0 Å². The molecule has 0 bridgehead atoms. The molecule has 8 rings (SSSR count). The molecule has 0 saturated carbocycles. The minimum absolute atomic E-state index is 0.0533. The molecule has 314 valence electrons. The van der Waals surface area contributed by atoms with Gasteiger partial charge in [-0.3, -0.25) is 24.8 Å². The zero-order chi connectivity index (χ0) is 41.3. The maximum absolute atomic E-state index is 13.8. The highest BCUT2D eigenvalue weighted by molar-refractivity contribution is 7.99. The van der Waals surface area contributed by atoms with Gasteiger partial charge in [0.1, 0.15) is 0 Å². The summed E-state index contributed by atoms with van der Waals surface area (Å²) < 4.78 is 41.6. The van der Waals surface area contributed by atoms with E-state index in [1.807, 2.05) is 48.5 Å².